The SMILES string of the molecule is COc1cc(Br)cc(NC/C(C)=C/C(=O)O)c1. The zero-order chi connectivity index (χ0) is 12.8. The molecule has 2 N–H and O–H groups in total. The number of hydrogen-bond acceptors (Lipinski definition) is 3. The van der Waals surface area contributed by atoms with Crippen molar-refractivity contribution in [1.29, 1.82) is 0 Å². The van der Waals surface area contributed by atoms with Crippen molar-refractivity contribution in [3.8, 4) is 5.75 Å². The van der Waals surface area contributed by atoms with Gasteiger partial charge in [0.2, 0.25) is 0 Å². The van der Waals surface area contributed by atoms with Crippen molar-refractivity contribution in [3.05, 3.63) is 34.3 Å². The molecule has 0 aliphatic heterocycles. The smallest absolute Gasteiger partial charge is 0.328 e. The van der Waals surface area contributed by atoms with E-state index in [9.17, 15) is 4.79 Å². The van der Waals surface area contributed by atoms with Gasteiger partial charge in [-0.3, -0.25) is 0 Å². The number of carboxylic acids is 1. The van der Waals surface area contributed by atoms with Crippen molar-refractivity contribution in [3.63, 3.8) is 0 Å². The number of methoxy groups -OCH3 is 1. The molecule has 0 aliphatic carbocycles. The summed E-state index contributed by atoms with van der Waals surface area (Å²) in [4.78, 5) is 10.4. The molecule has 4 nitrogen and oxygen atoms in total. The van der Waals surface area contributed by atoms with Crippen LogP contribution in [-0.2, 0) is 4.79 Å². The minimum absolute atomic E-state index is 0.478. The van der Waals surface area contributed by atoms with Crippen molar-refractivity contribution in [2.24, 2.45) is 0 Å². The molecule has 0 saturated heterocycles. The third-order valence-corrected chi connectivity index (χ3v) is 2.51. The molecule has 1 rings (SSSR count). The van der Waals surface area contributed by atoms with E-state index in [0.717, 1.165) is 21.5 Å². The lowest BCUT2D eigenvalue weighted by Crippen LogP contribution is -2.04. The highest BCUT2D eigenvalue weighted by Gasteiger charge is 2.00. The summed E-state index contributed by atoms with van der Waals surface area (Å²) in [5.74, 6) is -0.196. The number of nitrogens with one attached hydrogen (secondary N) is 1. The first-order valence-electron chi connectivity index (χ1n) is 5.00. The first kappa shape index (κ1) is 13.6. The van der Waals surface area contributed by atoms with Gasteiger partial charge in [-0.2, -0.15) is 0 Å². The Labute approximate surface area is 108 Å². The van der Waals surface area contributed by atoms with Crippen LogP contribution in [-0.4, -0.2) is 24.7 Å². The van der Waals surface area contributed by atoms with Gasteiger partial charge in [-0.15, -0.1) is 0 Å². The van der Waals surface area contributed by atoms with Crippen LogP contribution in [0.2, 0.25) is 0 Å². The van der Waals surface area contributed by atoms with Crippen molar-refractivity contribution in [2.45, 2.75) is 6.92 Å². The number of benzene rings is 1. The summed E-state index contributed by atoms with van der Waals surface area (Å²) >= 11 is 3.37. The third kappa shape index (κ3) is 4.91. The van der Waals surface area contributed by atoms with Crippen LogP contribution in [0.25, 0.3) is 0 Å². The molecular formula is C12H14BrNO3. The van der Waals surface area contributed by atoms with E-state index in [1.54, 1.807) is 14.0 Å². The van der Waals surface area contributed by atoms with Gasteiger partial charge in [0.1, 0.15) is 5.75 Å². The highest BCUT2D eigenvalue weighted by atomic mass is 79.9. The van der Waals surface area contributed by atoms with Crippen molar-refractivity contribution in [1.82, 2.24) is 0 Å². The van der Waals surface area contributed by atoms with E-state index in [1.807, 2.05) is 18.2 Å². The van der Waals surface area contributed by atoms with Gasteiger partial charge < -0.3 is 15.2 Å². The van der Waals surface area contributed by atoms with Gasteiger partial charge in [0.05, 0.1) is 7.11 Å². The summed E-state index contributed by atoms with van der Waals surface area (Å²) in [5.41, 5.74) is 1.62. The molecule has 0 bridgehead atoms. The highest BCUT2D eigenvalue weighted by molar-refractivity contribution is 9.10. The Balaban J connectivity index is 2.69. The maximum Gasteiger partial charge on any atom is 0.328 e. The van der Waals surface area contributed by atoms with Crippen LogP contribution >= 0.6 is 15.9 Å². The molecule has 0 saturated carbocycles. The van der Waals surface area contributed by atoms with E-state index in [2.05, 4.69) is 21.2 Å². The maximum absolute atomic E-state index is 10.4. The Morgan fingerprint density at radius 1 is 1.53 bits per heavy atom. The molecule has 1 aromatic carbocycles. The number of ether oxygens (including phenoxy) is 1. The largest absolute Gasteiger partial charge is 0.497 e. The van der Waals surface area contributed by atoms with E-state index < -0.39 is 5.97 Å². The lowest BCUT2D eigenvalue weighted by molar-refractivity contribution is -0.131. The summed E-state index contributed by atoms with van der Waals surface area (Å²) in [7, 11) is 1.60. The van der Waals surface area contributed by atoms with Gasteiger partial charge in [0.25, 0.3) is 0 Å². The Kier molecular flexibility index (Phi) is 5.03. The predicted octanol–water partition coefficient (Wildman–Crippen LogP) is 2.90. The van der Waals surface area contributed by atoms with E-state index in [1.165, 1.54) is 6.08 Å². The van der Waals surface area contributed by atoms with Crippen LogP contribution in [0.4, 0.5) is 5.69 Å². The van der Waals surface area contributed by atoms with Gasteiger partial charge in [0, 0.05) is 28.8 Å². The second kappa shape index (κ2) is 6.30. The quantitative estimate of drug-likeness (QED) is 0.821. The molecule has 0 aromatic heterocycles. The Hall–Kier alpha value is -1.49. The van der Waals surface area contributed by atoms with Crippen molar-refractivity contribution < 1.29 is 14.6 Å². The normalized spacial score (nSPS) is 11.1. The lowest BCUT2D eigenvalue weighted by atomic mass is 10.2. The number of carboxylic acid groups (broad SMARTS) is 1. The van der Waals surface area contributed by atoms with Crippen molar-refractivity contribution >= 4 is 27.6 Å². The monoisotopic (exact) mass is 299 g/mol. The minimum atomic E-state index is -0.934. The molecule has 0 atom stereocenters. The Bertz CT molecular complexity index is 443. The molecule has 0 aliphatic rings. The zero-order valence-corrected chi connectivity index (χ0v) is 11.2. The predicted molar refractivity (Wildman–Crippen MR) is 70.6 cm³/mol. The molecule has 0 radical (unpaired) electrons. The first-order chi connectivity index (χ1) is 8.01. The second-order valence-corrected chi connectivity index (χ2v) is 4.48. The second-order valence-electron chi connectivity index (χ2n) is 3.56. The van der Waals surface area contributed by atoms with E-state index in [0.29, 0.717) is 6.54 Å². The summed E-state index contributed by atoms with van der Waals surface area (Å²) in [5, 5.41) is 11.7. The van der Waals surface area contributed by atoms with Gasteiger partial charge in [-0.25, -0.2) is 4.79 Å². The summed E-state index contributed by atoms with van der Waals surface area (Å²) in [6.45, 7) is 2.24. The number of hydrogen-bond donors (Lipinski definition) is 2. The molecule has 17 heavy (non-hydrogen) atoms. The van der Waals surface area contributed by atoms with Crippen LogP contribution in [0, 0.1) is 0 Å². The van der Waals surface area contributed by atoms with E-state index in [4.69, 9.17) is 9.84 Å². The maximum atomic E-state index is 10.4. The number of anilines is 1. The summed E-state index contributed by atoms with van der Waals surface area (Å²) in [6, 6.07) is 5.60. The highest BCUT2D eigenvalue weighted by Crippen LogP contribution is 2.24. The fourth-order valence-corrected chi connectivity index (χ4v) is 1.76. The molecule has 5 heteroatoms. The first-order valence-corrected chi connectivity index (χ1v) is 5.79. The Morgan fingerprint density at radius 2 is 2.24 bits per heavy atom. The van der Waals surface area contributed by atoms with Gasteiger partial charge >= 0.3 is 5.97 Å². The van der Waals surface area contributed by atoms with Crippen LogP contribution in [0.15, 0.2) is 34.3 Å². The van der Waals surface area contributed by atoms with Crippen LogP contribution < -0.4 is 10.1 Å². The molecule has 0 unspecified atom stereocenters. The summed E-state index contributed by atoms with van der Waals surface area (Å²) in [6.07, 6.45) is 1.18. The molecule has 0 amide bonds. The van der Waals surface area contributed by atoms with Crippen LogP contribution in [0.3, 0.4) is 0 Å². The average Bonchev–Trinajstić information content (AvgIpc) is 2.24. The molecule has 0 fully saturated rings. The number of rotatable bonds is 5. The number of carbonyl (C=O) groups is 1. The van der Waals surface area contributed by atoms with Gasteiger partial charge in [-0.05, 0) is 24.6 Å². The molecule has 1 aromatic rings. The molecule has 0 heterocycles. The van der Waals surface area contributed by atoms with Crippen molar-refractivity contribution in [2.75, 3.05) is 19.0 Å². The zero-order valence-electron chi connectivity index (χ0n) is 9.66. The standard InChI is InChI=1S/C12H14BrNO3/c1-8(3-12(15)16)7-14-10-4-9(13)5-11(6-10)17-2/h3-6,14H,7H2,1-2H3,(H,15,16)/b8-3+. The number of aliphatic carboxylic acids is 1. The summed E-state index contributed by atoms with van der Waals surface area (Å²) < 4.78 is 6.03. The molecule has 0 spiro atoms. The van der Waals surface area contributed by atoms with Gasteiger partial charge in [-0.1, -0.05) is 15.9 Å². The average molecular weight is 300 g/mol. The topological polar surface area (TPSA) is 58.6 Å². The van der Waals surface area contributed by atoms with Crippen LogP contribution in [0.1, 0.15) is 6.92 Å². The molecule has 92 valence electrons. The van der Waals surface area contributed by atoms with E-state index in [-0.39, 0.29) is 0 Å². The molecular weight excluding hydrogens is 286 g/mol. The van der Waals surface area contributed by atoms with Gasteiger partial charge in [0.15, 0.2) is 0 Å². The fraction of sp³-hybridized carbons (Fsp3) is 0.250. The minimum Gasteiger partial charge on any atom is -0.497 e. The Morgan fingerprint density at radius 3 is 2.82 bits per heavy atom. The van der Waals surface area contributed by atoms with E-state index >= 15 is 0 Å². The third-order valence-electron chi connectivity index (χ3n) is 2.05. The lowest BCUT2D eigenvalue weighted by Gasteiger charge is -2.09. The number of halogens is 1. The van der Waals surface area contributed by atoms with Crippen LogP contribution in [0.5, 0.6) is 5.75 Å². The fourth-order valence-electron chi connectivity index (χ4n) is 1.29.